The second-order valence-electron chi connectivity index (χ2n) is 4.14. The van der Waals surface area contributed by atoms with Crippen molar-refractivity contribution in [2.24, 2.45) is 0 Å². The van der Waals surface area contributed by atoms with E-state index in [0.29, 0.717) is 29.4 Å². The lowest BCUT2D eigenvalue weighted by atomic mass is 10.2. The summed E-state index contributed by atoms with van der Waals surface area (Å²) in [5.74, 6) is 1.63. The monoisotopic (exact) mass is 256 g/mol. The Kier molecular flexibility index (Phi) is 3.06. The van der Waals surface area contributed by atoms with Crippen molar-refractivity contribution in [3.05, 3.63) is 53.6 Å². The molecule has 0 unspecified atom stereocenters. The molecule has 0 spiro atoms. The normalized spacial score (nSPS) is 12.2. The molecule has 0 saturated carbocycles. The summed E-state index contributed by atoms with van der Waals surface area (Å²) >= 11 is 0. The molecule has 19 heavy (non-hydrogen) atoms. The van der Waals surface area contributed by atoms with Gasteiger partial charge in [-0.15, -0.1) is 0 Å². The molecular weight excluding hydrogens is 244 g/mol. The van der Waals surface area contributed by atoms with E-state index in [0.717, 1.165) is 11.8 Å². The molecule has 0 aromatic heterocycles. The van der Waals surface area contributed by atoms with Gasteiger partial charge in [0.15, 0.2) is 11.5 Å². The van der Waals surface area contributed by atoms with E-state index in [9.17, 15) is 4.79 Å². The number of benzene rings is 2. The van der Waals surface area contributed by atoms with E-state index in [1.54, 1.807) is 12.1 Å². The molecule has 4 heteroatoms. The first-order valence-corrected chi connectivity index (χ1v) is 5.92. The fraction of sp³-hybridized carbons (Fsp3) is 0.133. The fourth-order valence-electron chi connectivity index (χ4n) is 1.91. The van der Waals surface area contributed by atoms with Crippen molar-refractivity contribution in [3.8, 4) is 17.2 Å². The molecule has 2 aromatic rings. The number of hydrogen-bond donors (Lipinski definition) is 0. The van der Waals surface area contributed by atoms with Gasteiger partial charge < -0.3 is 14.2 Å². The highest BCUT2D eigenvalue weighted by molar-refractivity contribution is 5.78. The van der Waals surface area contributed by atoms with Gasteiger partial charge in [0.2, 0.25) is 12.5 Å². The molecule has 0 saturated heterocycles. The number of fused-ring (bicyclic) bond motifs is 1. The first kappa shape index (κ1) is 11.6. The summed E-state index contributed by atoms with van der Waals surface area (Å²) in [5, 5.41) is 0. The number of ether oxygens (including phenoxy) is 3. The standard InChI is InChI=1S/C15H12O4/c16-8-12-6-13(15-14(7-12)18-10-19-15)17-9-11-4-2-1-3-5-11/h1-8H,9-10H2. The van der Waals surface area contributed by atoms with Crippen LogP contribution >= 0.6 is 0 Å². The predicted octanol–water partition coefficient (Wildman–Crippen LogP) is 2.81. The fourth-order valence-corrected chi connectivity index (χ4v) is 1.91. The molecule has 3 rings (SSSR count). The van der Waals surface area contributed by atoms with Crippen molar-refractivity contribution in [3.63, 3.8) is 0 Å². The highest BCUT2D eigenvalue weighted by Crippen LogP contribution is 2.41. The van der Waals surface area contributed by atoms with E-state index in [1.807, 2.05) is 30.3 Å². The average Bonchev–Trinajstić information content (AvgIpc) is 2.94. The minimum absolute atomic E-state index is 0.152. The van der Waals surface area contributed by atoms with Crippen LogP contribution in [0.15, 0.2) is 42.5 Å². The number of aldehydes is 1. The van der Waals surface area contributed by atoms with Crippen LogP contribution in [0.25, 0.3) is 0 Å². The maximum Gasteiger partial charge on any atom is 0.231 e. The van der Waals surface area contributed by atoms with Crippen LogP contribution in [0.1, 0.15) is 15.9 Å². The molecule has 1 aliphatic rings. The molecule has 2 aromatic carbocycles. The molecule has 1 aliphatic heterocycles. The van der Waals surface area contributed by atoms with Gasteiger partial charge in [0.05, 0.1) is 0 Å². The number of carbonyl (C=O) groups excluding carboxylic acids is 1. The molecular formula is C15H12O4. The molecule has 0 atom stereocenters. The van der Waals surface area contributed by atoms with Crippen LogP contribution in [0.2, 0.25) is 0 Å². The van der Waals surface area contributed by atoms with Gasteiger partial charge in [0.1, 0.15) is 12.9 Å². The minimum atomic E-state index is 0.152. The summed E-state index contributed by atoms with van der Waals surface area (Å²) in [4.78, 5) is 10.9. The average molecular weight is 256 g/mol. The third-order valence-electron chi connectivity index (χ3n) is 2.83. The van der Waals surface area contributed by atoms with Gasteiger partial charge in [-0.05, 0) is 17.7 Å². The Morgan fingerprint density at radius 2 is 2.00 bits per heavy atom. The lowest BCUT2D eigenvalue weighted by Crippen LogP contribution is -1.98. The molecule has 0 amide bonds. The summed E-state index contributed by atoms with van der Waals surface area (Å²) in [6, 6.07) is 13.1. The van der Waals surface area contributed by atoms with Crippen LogP contribution in [0.5, 0.6) is 17.2 Å². The van der Waals surface area contributed by atoms with Gasteiger partial charge in [-0.3, -0.25) is 4.79 Å². The zero-order chi connectivity index (χ0) is 13.1. The molecule has 4 nitrogen and oxygen atoms in total. The van der Waals surface area contributed by atoms with E-state index in [2.05, 4.69) is 0 Å². The smallest absolute Gasteiger partial charge is 0.231 e. The highest BCUT2D eigenvalue weighted by Gasteiger charge is 2.20. The van der Waals surface area contributed by atoms with Crippen molar-refractivity contribution in [2.75, 3.05) is 6.79 Å². The molecule has 0 bridgehead atoms. The third-order valence-corrected chi connectivity index (χ3v) is 2.83. The molecule has 96 valence electrons. The summed E-state index contributed by atoms with van der Waals surface area (Å²) in [5.41, 5.74) is 1.55. The van der Waals surface area contributed by atoms with Crippen LogP contribution < -0.4 is 14.2 Å². The Balaban J connectivity index is 1.84. The van der Waals surface area contributed by atoms with Gasteiger partial charge in [-0.2, -0.15) is 0 Å². The van der Waals surface area contributed by atoms with Crippen molar-refractivity contribution in [1.29, 1.82) is 0 Å². The lowest BCUT2D eigenvalue weighted by Gasteiger charge is -2.09. The Hall–Kier alpha value is -2.49. The Morgan fingerprint density at radius 3 is 2.79 bits per heavy atom. The summed E-state index contributed by atoms with van der Waals surface area (Å²) < 4.78 is 16.3. The first-order chi connectivity index (χ1) is 9.36. The van der Waals surface area contributed by atoms with E-state index in [-0.39, 0.29) is 6.79 Å². The summed E-state index contributed by atoms with van der Waals surface area (Å²) in [7, 11) is 0. The maximum absolute atomic E-state index is 10.9. The van der Waals surface area contributed by atoms with Crippen molar-refractivity contribution < 1.29 is 19.0 Å². The van der Waals surface area contributed by atoms with Crippen molar-refractivity contribution in [2.45, 2.75) is 6.61 Å². The van der Waals surface area contributed by atoms with Crippen LogP contribution in [-0.4, -0.2) is 13.1 Å². The predicted molar refractivity (Wildman–Crippen MR) is 68.7 cm³/mol. The van der Waals surface area contributed by atoms with E-state index in [1.165, 1.54) is 0 Å². The molecule has 0 fully saturated rings. The Labute approximate surface area is 110 Å². The third kappa shape index (κ3) is 2.38. The number of rotatable bonds is 4. The Morgan fingerprint density at radius 1 is 1.16 bits per heavy atom. The van der Waals surface area contributed by atoms with Crippen LogP contribution in [0, 0.1) is 0 Å². The molecule has 0 aliphatic carbocycles. The summed E-state index contributed by atoms with van der Waals surface area (Å²) in [6.45, 7) is 0.568. The molecule has 1 heterocycles. The first-order valence-electron chi connectivity index (χ1n) is 5.92. The summed E-state index contributed by atoms with van der Waals surface area (Å²) in [6.07, 6.45) is 0.761. The molecule has 0 radical (unpaired) electrons. The number of carbonyl (C=O) groups is 1. The highest BCUT2D eigenvalue weighted by atomic mass is 16.7. The maximum atomic E-state index is 10.9. The number of hydrogen-bond acceptors (Lipinski definition) is 4. The van der Waals surface area contributed by atoms with Crippen LogP contribution in [0.3, 0.4) is 0 Å². The minimum Gasteiger partial charge on any atom is -0.485 e. The lowest BCUT2D eigenvalue weighted by molar-refractivity contribution is 0.112. The van der Waals surface area contributed by atoms with Gasteiger partial charge in [-0.1, -0.05) is 30.3 Å². The van der Waals surface area contributed by atoms with Gasteiger partial charge >= 0.3 is 0 Å². The van der Waals surface area contributed by atoms with E-state index >= 15 is 0 Å². The van der Waals surface area contributed by atoms with Gasteiger partial charge in [-0.25, -0.2) is 0 Å². The van der Waals surface area contributed by atoms with Crippen LogP contribution in [-0.2, 0) is 6.61 Å². The largest absolute Gasteiger partial charge is 0.485 e. The Bertz CT molecular complexity index is 593. The van der Waals surface area contributed by atoms with Gasteiger partial charge in [0.25, 0.3) is 0 Å². The zero-order valence-corrected chi connectivity index (χ0v) is 10.2. The van der Waals surface area contributed by atoms with E-state index in [4.69, 9.17) is 14.2 Å². The zero-order valence-electron chi connectivity index (χ0n) is 10.2. The van der Waals surface area contributed by atoms with Crippen LogP contribution in [0.4, 0.5) is 0 Å². The second-order valence-corrected chi connectivity index (χ2v) is 4.14. The molecule has 0 N–H and O–H groups in total. The SMILES string of the molecule is O=Cc1cc2c(c(OCc3ccccc3)c1)OCO2. The topological polar surface area (TPSA) is 44.8 Å². The van der Waals surface area contributed by atoms with Crippen molar-refractivity contribution in [1.82, 2.24) is 0 Å². The quantitative estimate of drug-likeness (QED) is 0.789. The van der Waals surface area contributed by atoms with E-state index < -0.39 is 0 Å². The second kappa shape index (κ2) is 5.02. The van der Waals surface area contributed by atoms with Gasteiger partial charge in [0, 0.05) is 5.56 Å². The van der Waals surface area contributed by atoms with Crippen molar-refractivity contribution >= 4 is 6.29 Å².